The normalized spacial score (nSPS) is 15.2. The fourth-order valence-corrected chi connectivity index (χ4v) is 1.97. The molecule has 1 aliphatic rings. The van der Waals surface area contributed by atoms with E-state index in [0.29, 0.717) is 17.8 Å². The monoisotopic (exact) mass is 286 g/mol. The summed E-state index contributed by atoms with van der Waals surface area (Å²) in [6.45, 7) is 0.576. The summed E-state index contributed by atoms with van der Waals surface area (Å²) in [6.07, 6.45) is 0.181. The van der Waals surface area contributed by atoms with Gasteiger partial charge >= 0.3 is 0 Å². The second kappa shape index (κ2) is 6.63. The minimum Gasteiger partial charge on any atom is -0.326 e. The van der Waals surface area contributed by atoms with Crippen LogP contribution in [-0.4, -0.2) is 42.3 Å². The van der Waals surface area contributed by atoms with Gasteiger partial charge in [0.2, 0.25) is 17.7 Å². The first kappa shape index (κ1) is 14.7. The zero-order valence-corrected chi connectivity index (χ0v) is 11.3. The van der Waals surface area contributed by atoms with Gasteiger partial charge in [0.25, 0.3) is 0 Å². The van der Waals surface area contributed by atoms with Crippen LogP contribution in [0.5, 0.6) is 0 Å². The zero-order valence-electron chi connectivity index (χ0n) is 11.3. The molecule has 3 amide bonds. The van der Waals surface area contributed by atoms with Crippen LogP contribution in [0, 0.1) is 11.3 Å². The molecule has 0 bridgehead atoms. The summed E-state index contributed by atoms with van der Waals surface area (Å²) in [5.41, 5.74) is 1.12. The van der Waals surface area contributed by atoms with E-state index in [1.54, 1.807) is 29.2 Å². The van der Waals surface area contributed by atoms with E-state index < -0.39 is 0 Å². The predicted octanol–water partition coefficient (Wildman–Crippen LogP) is -0.155. The van der Waals surface area contributed by atoms with Crippen molar-refractivity contribution in [3.05, 3.63) is 29.8 Å². The van der Waals surface area contributed by atoms with E-state index in [-0.39, 0.29) is 37.2 Å². The highest BCUT2D eigenvalue weighted by molar-refractivity contribution is 5.99. The van der Waals surface area contributed by atoms with Crippen LogP contribution in [-0.2, 0) is 14.4 Å². The van der Waals surface area contributed by atoms with E-state index in [9.17, 15) is 14.4 Å². The Bertz CT molecular complexity index is 588. The van der Waals surface area contributed by atoms with Crippen molar-refractivity contribution < 1.29 is 14.4 Å². The van der Waals surface area contributed by atoms with Crippen molar-refractivity contribution >= 4 is 23.4 Å². The van der Waals surface area contributed by atoms with E-state index in [1.165, 1.54) is 0 Å². The Kier molecular flexibility index (Phi) is 4.64. The van der Waals surface area contributed by atoms with Gasteiger partial charge in [-0.3, -0.25) is 24.6 Å². The largest absolute Gasteiger partial charge is 0.326 e. The van der Waals surface area contributed by atoms with Crippen LogP contribution in [0.4, 0.5) is 5.69 Å². The lowest BCUT2D eigenvalue weighted by atomic mass is 10.2. The van der Waals surface area contributed by atoms with Crippen LogP contribution in [0.3, 0.4) is 0 Å². The molecule has 2 N–H and O–H groups in total. The summed E-state index contributed by atoms with van der Waals surface area (Å²) in [4.78, 5) is 35.8. The van der Waals surface area contributed by atoms with Crippen LogP contribution in [0.25, 0.3) is 0 Å². The van der Waals surface area contributed by atoms with Gasteiger partial charge in [-0.1, -0.05) is 0 Å². The molecule has 1 aliphatic heterocycles. The fourth-order valence-electron chi connectivity index (χ4n) is 1.97. The van der Waals surface area contributed by atoms with Gasteiger partial charge < -0.3 is 5.32 Å². The van der Waals surface area contributed by atoms with Crippen molar-refractivity contribution in [2.24, 2.45) is 0 Å². The summed E-state index contributed by atoms with van der Waals surface area (Å²) in [5, 5.41) is 13.6. The van der Waals surface area contributed by atoms with Gasteiger partial charge in [-0.2, -0.15) is 5.26 Å². The Hall–Kier alpha value is -2.72. The summed E-state index contributed by atoms with van der Waals surface area (Å²) < 4.78 is 0. The van der Waals surface area contributed by atoms with Gasteiger partial charge in [0.1, 0.15) is 0 Å². The quantitative estimate of drug-likeness (QED) is 0.749. The van der Waals surface area contributed by atoms with E-state index in [4.69, 9.17) is 5.26 Å². The summed E-state index contributed by atoms with van der Waals surface area (Å²) in [5.74, 6) is -0.907. The van der Waals surface area contributed by atoms with Gasteiger partial charge in [-0.25, -0.2) is 0 Å². The van der Waals surface area contributed by atoms with Gasteiger partial charge in [-0.15, -0.1) is 0 Å². The van der Waals surface area contributed by atoms with Gasteiger partial charge in [0.15, 0.2) is 0 Å². The number of piperazine rings is 1. The molecule has 2 rings (SSSR count). The maximum Gasteiger partial charge on any atom is 0.240 e. The maximum atomic E-state index is 11.8. The number of nitrogens with one attached hydrogen (secondary N) is 2. The first-order valence-electron chi connectivity index (χ1n) is 6.42. The van der Waals surface area contributed by atoms with Gasteiger partial charge in [0, 0.05) is 18.7 Å². The summed E-state index contributed by atoms with van der Waals surface area (Å²) in [6, 6.07) is 8.52. The number of hydrogen-bond acceptors (Lipinski definition) is 5. The van der Waals surface area contributed by atoms with Crippen LogP contribution in [0.2, 0.25) is 0 Å². The number of carbonyl (C=O) groups is 3. The highest BCUT2D eigenvalue weighted by Crippen LogP contribution is 2.09. The molecule has 1 aromatic carbocycles. The lowest BCUT2D eigenvalue weighted by Crippen LogP contribution is -2.51. The van der Waals surface area contributed by atoms with E-state index >= 15 is 0 Å². The molecule has 0 unspecified atom stereocenters. The van der Waals surface area contributed by atoms with Crippen molar-refractivity contribution in [1.29, 1.82) is 5.26 Å². The molecule has 0 spiro atoms. The molecule has 0 saturated carbocycles. The van der Waals surface area contributed by atoms with Crippen molar-refractivity contribution in [3.63, 3.8) is 0 Å². The number of nitrogens with zero attached hydrogens (tertiary/aromatic N) is 2. The number of hydrogen-bond donors (Lipinski definition) is 2. The zero-order chi connectivity index (χ0) is 15.2. The third-order valence-corrected chi connectivity index (χ3v) is 2.97. The lowest BCUT2D eigenvalue weighted by Gasteiger charge is -2.24. The number of nitriles is 1. The van der Waals surface area contributed by atoms with Crippen molar-refractivity contribution in [2.75, 3.05) is 25.0 Å². The minimum absolute atomic E-state index is 0.121. The Morgan fingerprint density at radius 2 is 1.86 bits per heavy atom. The third kappa shape index (κ3) is 4.40. The van der Waals surface area contributed by atoms with Crippen molar-refractivity contribution in [1.82, 2.24) is 10.2 Å². The molecule has 7 heteroatoms. The average Bonchev–Trinajstić information content (AvgIpc) is 2.45. The first-order valence-corrected chi connectivity index (χ1v) is 6.42. The molecule has 21 heavy (non-hydrogen) atoms. The molecular formula is C14H14N4O3. The number of anilines is 1. The highest BCUT2D eigenvalue weighted by atomic mass is 16.2. The predicted molar refractivity (Wildman–Crippen MR) is 74.0 cm³/mol. The second-order valence-electron chi connectivity index (χ2n) is 4.67. The first-order chi connectivity index (χ1) is 10.1. The second-order valence-corrected chi connectivity index (χ2v) is 4.67. The van der Waals surface area contributed by atoms with E-state index in [0.717, 1.165) is 0 Å². The molecule has 1 heterocycles. The molecule has 0 atom stereocenters. The molecule has 1 aromatic rings. The average molecular weight is 286 g/mol. The number of benzene rings is 1. The molecule has 108 valence electrons. The van der Waals surface area contributed by atoms with Gasteiger partial charge in [-0.05, 0) is 24.3 Å². The lowest BCUT2D eigenvalue weighted by molar-refractivity contribution is -0.136. The third-order valence-electron chi connectivity index (χ3n) is 2.97. The standard InChI is InChI=1S/C14H14N4O3/c15-7-10-1-3-11(4-2-10)16-12(19)5-6-18-8-13(20)17-14(21)9-18/h1-4H,5-6,8-9H2,(H,16,19)(H,17,20,21). The Morgan fingerprint density at radius 1 is 1.24 bits per heavy atom. The Balaban J connectivity index is 1.80. The maximum absolute atomic E-state index is 11.8. The number of carbonyl (C=O) groups excluding carboxylic acids is 3. The van der Waals surface area contributed by atoms with Crippen LogP contribution in [0.1, 0.15) is 12.0 Å². The van der Waals surface area contributed by atoms with E-state index in [2.05, 4.69) is 10.6 Å². The van der Waals surface area contributed by atoms with Crippen LogP contribution >= 0.6 is 0 Å². The number of amides is 3. The van der Waals surface area contributed by atoms with Crippen molar-refractivity contribution in [2.45, 2.75) is 6.42 Å². The van der Waals surface area contributed by atoms with Crippen LogP contribution < -0.4 is 10.6 Å². The summed E-state index contributed by atoms with van der Waals surface area (Å²) >= 11 is 0. The molecular weight excluding hydrogens is 272 g/mol. The highest BCUT2D eigenvalue weighted by Gasteiger charge is 2.22. The van der Waals surface area contributed by atoms with E-state index in [1.807, 2.05) is 6.07 Å². The number of imide groups is 1. The molecule has 1 fully saturated rings. The SMILES string of the molecule is N#Cc1ccc(NC(=O)CCN2CC(=O)NC(=O)C2)cc1. The number of rotatable bonds is 4. The topological polar surface area (TPSA) is 102 Å². The molecule has 1 saturated heterocycles. The molecule has 7 nitrogen and oxygen atoms in total. The van der Waals surface area contributed by atoms with Crippen LogP contribution in [0.15, 0.2) is 24.3 Å². The Morgan fingerprint density at radius 3 is 2.43 bits per heavy atom. The molecule has 0 radical (unpaired) electrons. The summed E-state index contributed by atoms with van der Waals surface area (Å²) in [7, 11) is 0. The fraction of sp³-hybridized carbons (Fsp3) is 0.286. The Labute approximate surface area is 121 Å². The minimum atomic E-state index is -0.348. The van der Waals surface area contributed by atoms with Gasteiger partial charge in [0.05, 0.1) is 24.7 Å². The molecule has 0 aliphatic carbocycles. The van der Waals surface area contributed by atoms with Crippen molar-refractivity contribution in [3.8, 4) is 6.07 Å². The smallest absolute Gasteiger partial charge is 0.240 e. The molecule has 0 aromatic heterocycles.